The highest BCUT2D eigenvalue weighted by molar-refractivity contribution is 6.04. The first-order chi connectivity index (χ1) is 8.47. The predicted molar refractivity (Wildman–Crippen MR) is 73.7 cm³/mol. The highest BCUT2D eigenvalue weighted by Gasteiger charge is 2.16. The Hall–Kier alpha value is -1.83. The molecule has 0 unspecified atom stereocenters. The highest BCUT2D eigenvalue weighted by atomic mass is 16.5. The molecule has 0 aliphatic carbocycles. The van der Waals surface area contributed by atoms with Crippen LogP contribution >= 0.6 is 0 Å². The van der Waals surface area contributed by atoms with Crippen molar-refractivity contribution in [2.45, 2.75) is 20.8 Å². The smallest absolute Gasteiger partial charge is 0.338 e. The number of hydrogen-bond donors (Lipinski definition) is 0. The minimum atomic E-state index is -0.248. The fraction of sp³-hybridized carbons (Fsp3) is 0.312. The van der Waals surface area contributed by atoms with E-state index in [1.165, 1.54) is 0 Å². The Bertz CT molecular complexity index is 559. The lowest BCUT2D eigenvalue weighted by molar-refractivity contribution is 0.0369. The molecule has 0 aliphatic rings. The summed E-state index contributed by atoms with van der Waals surface area (Å²) in [4.78, 5) is 12.1. The van der Waals surface area contributed by atoms with E-state index in [9.17, 15) is 4.79 Å². The Labute approximate surface area is 108 Å². The van der Waals surface area contributed by atoms with Gasteiger partial charge >= 0.3 is 5.97 Å². The SMILES string of the molecule is CC(C)(C)COC(=O)c1cccc2ccccc12. The standard InChI is InChI=1S/C16H18O2/c1-16(2,3)11-18-15(17)14-10-6-8-12-7-4-5-9-13(12)14/h4-10H,11H2,1-3H3. The first-order valence-electron chi connectivity index (χ1n) is 6.12. The van der Waals surface area contributed by atoms with Crippen LogP contribution in [-0.2, 0) is 4.74 Å². The van der Waals surface area contributed by atoms with Crippen LogP contribution in [0, 0.1) is 5.41 Å². The topological polar surface area (TPSA) is 26.3 Å². The van der Waals surface area contributed by atoms with Crippen molar-refractivity contribution in [1.29, 1.82) is 0 Å². The largest absolute Gasteiger partial charge is 0.462 e. The molecule has 0 aliphatic heterocycles. The van der Waals surface area contributed by atoms with E-state index in [2.05, 4.69) is 0 Å². The summed E-state index contributed by atoms with van der Waals surface area (Å²) in [5.41, 5.74) is 0.623. The molecule has 0 amide bonds. The van der Waals surface area contributed by atoms with Gasteiger partial charge in [-0.25, -0.2) is 4.79 Å². The summed E-state index contributed by atoms with van der Waals surface area (Å²) < 4.78 is 5.36. The van der Waals surface area contributed by atoms with E-state index < -0.39 is 0 Å². The van der Waals surface area contributed by atoms with Crippen LogP contribution in [0.4, 0.5) is 0 Å². The zero-order chi connectivity index (χ0) is 13.2. The summed E-state index contributed by atoms with van der Waals surface area (Å²) in [6.45, 7) is 6.56. The van der Waals surface area contributed by atoms with Crippen LogP contribution in [0.3, 0.4) is 0 Å². The van der Waals surface area contributed by atoms with Crippen molar-refractivity contribution in [2.75, 3.05) is 6.61 Å². The molecular weight excluding hydrogens is 224 g/mol. The summed E-state index contributed by atoms with van der Waals surface area (Å²) in [5.74, 6) is -0.248. The van der Waals surface area contributed by atoms with Crippen molar-refractivity contribution < 1.29 is 9.53 Å². The van der Waals surface area contributed by atoms with Gasteiger partial charge in [-0.15, -0.1) is 0 Å². The van der Waals surface area contributed by atoms with Gasteiger partial charge in [-0.3, -0.25) is 0 Å². The van der Waals surface area contributed by atoms with Crippen LogP contribution in [0.2, 0.25) is 0 Å². The van der Waals surface area contributed by atoms with E-state index in [4.69, 9.17) is 4.74 Å². The molecule has 2 aromatic rings. The van der Waals surface area contributed by atoms with Crippen LogP contribution in [0.15, 0.2) is 42.5 Å². The Kier molecular flexibility index (Phi) is 3.37. The van der Waals surface area contributed by atoms with Crippen molar-refractivity contribution >= 4 is 16.7 Å². The average molecular weight is 242 g/mol. The minimum absolute atomic E-state index is 0.0136. The van der Waals surface area contributed by atoms with Crippen LogP contribution in [0.1, 0.15) is 31.1 Å². The third kappa shape index (κ3) is 2.89. The molecule has 18 heavy (non-hydrogen) atoms. The van der Waals surface area contributed by atoms with Crippen LogP contribution in [-0.4, -0.2) is 12.6 Å². The second-order valence-electron chi connectivity index (χ2n) is 5.66. The fourth-order valence-electron chi connectivity index (χ4n) is 1.76. The molecule has 0 N–H and O–H groups in total. The van der Waals surface area contributed by atoms with E-state index in [-0.39, 0.29) is 11.4 Å². The van der Waals surface area contributed by atoms with Crippen molar-refractivity contribution in [3.8, 4) is 0 Å². The van der Waals surface area contributed by atoms with Crippen LogP contribution in [0.25, 0.3) is 10.8 Å². The lowest BCUT2D eigenvalue weighted by atomic mass is 9.98. The summed E-state index contributed by atoms with van der Waals surface area (Å²) in [6.07, 6.45) is 0. The zero-order valence-corrected chi connectivity index (χ0v) is 11.1. The zero-order valence-electron chi connectivity index (χ0n) is 11.1. The number of carbonyl (C=O) groups is 1. The van der Waals surface area contributed by atoms with Crippen molar-refractivity contribution in [3.05, 3.63) is 48.0 Å². The second kappa shape index (κ2) is 4.81. The number of esters is 1. The number of hydrogen-bond acceptors (Lipinski definition) is 2. The number of rotatable bonds is 2. The summed E-state index contributed by atoms with van der Waals surface area (Å²) in [7, 11) is 0. The van der Waals surface area contributed by atoms with Crippen molar-refractivity contribution in [3.63, 3.8) is 0 Å². The van der Waals surface area contributed by atoms with Gasteiger partial charge in [0.2, 0.25) is 0 Å². The molecule has 0 aromatic heterocycles. The van der Waals surface area contributed by atoms with Gasteiger partial charge in [0, 0.05) is 0 Å². The van der Waals surface area contributed by atoms with E-state index >= 15 is 0 Å². The van der Waals surface area contributed by atoms with Gasteiger partial charge in [0.15, 0.2) is 0 Å². The average Bonchev–Trinajstić information content (AvgIpc) is 2.34. The van der Waals surface area contributed by atoms with Gasteiger partial charge in [-0.1, -0.05) is 57.2 Å². The molecule has 2 aromatic carbocycles. The van der Waals surface area contributed by atoms with Gasteiger partial charge in [-0.05, 0) is 22.3 Å². The quantitative estimate of drug-likeness (QED) is 0.743. The number of benzene rings is 2. The molecule has 2 rings (SSSR count). The maximum absolute atomic E-state index is 12.1. The summed E-state index contributed by atoms with van der Waals surface area (Å²) in [5, 5.41) is 2.00. The molecule has 0 radical (unpaired) electrons. The highest BCUT2D eigenvalue weighted by Crippen LogP contribution is 2.20. The van der Waals surface area contributed by atoms with Crippen molar-refractivity contribution in [2.24, 2.45) is 5.41 Å². The van der Waals surface area contributed by atoms with Crippen molar-refractivity contribution in [1.82, 2.24) is 0 Å². The lowest BCUT2D eigenvalue weighted by Gasteiger charge is -2.18. The van der Waals surface area contributed by atoms with Gasteiger partial charge in [0.1, 0.15) is 0 Å². The number of fused-ring (bicyclic) bond motifs is 1. The maximum atomic E-state index is 12.1. The van der Waals surface area contributed by atoms with E-state index in [1.54, 1.807) is 0 Å². The molecule has 0 spiro atoms. The van der Waals surface area contributed by atoms with Gasteiger partial charge in [0.25, 0.3) is 0 Å². The van der Waals surface area contributed by atoms with E-state index in [0.717, 1.165) is 10.8 Å². The summed E-state index contributed by atoms with van der Waals surface area (Å²) >= 11 is 0. The molecule has 2 heteroatoms. The molecule has 0 atom stereocenters. The molecular formula is C16H18O2. The van der Waals surface area contributed by atoms with E-state index in [0.29, 0.717) is 12.2 Å². The molecule has 0 saturated carbocycles. The van der Waals surface area contributed by atoms with Crippen LogP contribution in [0.5, 0.6) is 0 Å². The maximum Gasteiger partial charge on any atom is 0.338 e. The predicted octanol–water partition coefficient (Wildman–Crippen LogP) is 4.04. The third-order valence-corrected chi connectivity index (χ3v) is 2.65. The summed E-state index contributed by atoms with van der Waals surface area (Å²) in [6, 6.07) is 13.5. The second-order valence-corrected chi connectivity index (χ2v) is 5.66. The number of ether oxygens (including phenoxy) is 1. The monoisotopic (exact) mass is 242 g/mol. The van der Waals surface area contributed by atoms with Gasteiger partial charge in [-0.2, -0.15) is 0 Å². The molecule has 0 saturated heterocycles. The third-order valence-electron chi connectivity index (χ3n) is 2.65. The Balaban J connectivity index is 2.28. The van der Waals surface area contributed by atoms with Crippen LogP contribution < -0.4 is 0 Å². The Morgan fingerprint density at radius 1 is 1.06 bits per heavy atom. The molecule has 0 heterocycles. The van der Waals surface area contributed by atoms with Gasteiger partial charge in [0.05, 0.1) is 12.2 Å². The molecule has 2 nitrogen and oxygen atoms in total. The molecule has 0 fully saturated rings. The molecule has 0 bridgehead atoms. The van der Waals surface area contributed by atoms with Gasteiger partial charge < -0.3 is 4.74 Å². The Morgan fingerprint density at radius 2 is 1.72 bits per heavy atom. The first kappa shape index (κ1) is 12.6. The lowest BCUT2D eigenvalue weighted by Crippen LogP contribution is -2.18. The number of carbonyl (C=O) groups excluding carboxylic acids is 1. The Morgan fingerprint density at radius 3 is 2.44 bits per heavy atom. The normalized spacial score (nSPS) is 11.5. The van der Waals surface area contributed by atoms with E-state index in [1.807, 2.05) is 63.2 Å². The first-order valence-corrected chi connectivity index (χ1v) is 6.12. The minimum Gasteiger partial charge on any atom is -0.462 e. The molecule has 94 valence electrons. The fourth-order valence-corrected chi connectivity index (χ4v) is 1.76.